The highest BCUT2D eigenvalue weighted by molar-refractivity contribution is 6.33. The molecule has 0 spiro atoms. The van der Waals surface area contributed by atoms with Crippen LogP contribution in [0.25, 0.3) is 0 Å². The molecule has 2 heterocycles. The lowest BCUT2D eigenvalue weighted by Crippen LogP contribution is -2.14. The van der Waals surface area contributed by atoms with Crippen LogP contribution in [0.3, 0.4) is 0 Å². The molecule has 0 amide bonds. The summed E-state index contributed by atoms with van der Waals surface area (Å²) in [6.07, 6.45) is 2.39. The molecule has 2 aromatic heterocycles. The third-order valence-electron chi connectivity index (χ3n) is 2.86. The van der Waals surface area contributed by atoms with E-state index in [1.165, 1.54) is 18.3 Å². The number of halogens is 1. The summed E-state index contributed by atoms with van der Waals surface area (Å²) < 4.78 is 0. The van der Waals surface area contributed by atoms with E-state index in [1.807, 2.05) is 12.1 Å². The van der Waals surface area contributed by atoms with Crippen molar-refractivity contribution in [1.29, 1.82) is 10.5 Å². The lowest BCUT2D eigenvalue weighted by atomic mass is 10.2. The number of nitro groups is 1. The van der Waals surface area contributed by atoms with Gasteiger partial charge in [0.1, 0.15) is 35.6 Å². The minimum absolute atomic E-state index is 0.135. The molecule has 9 nitrogen and oxygen atoms in total. The van der Waals surface area contributed by atoms with Gasteiger partial charge in [0.2, 0.25) is 0 Å². The van der Waals surface area contributed by atoms with Crippen LogP contribution in [-0.4, -0.2) is 20.9 Å². The molecule has 0 saturated carbocycles. The Bertz CT molecular complexity index is 872. The summed E-state index contributed by atoms with van der Waals surface area (Å²) in [5.74, 6) is 0.489. The van der Waals surface area contributed by atoms with Crippen molar-refractivity contribution < 1.29 is 4.92 Å². The summed E-state index contributed by atoms with van der Waals surface area (Å²) in [6, 6.07) is 6.02. The monoisotopic (exact) mass is 343 g/mol. The van der Waals surface area contributed by atoms with Gasteiger partial charge in [0.05, 0.1) is 21.6 Å². The van der Waals surface area contributed by atoms with Crippen molar-refractivity contribution >= 4 is 34.6 Å². The quantitative estimate of drug-likeness (QED) is 0.623. The van der Waals surface area contributed by atoms with E-state index in [9.17, 15) is 10.1 Å². The molecule has 0 aliphatic heterocycles. The number of aromatic nitrogens is 2. The van der Waals surface area contributed by atoms with Gasteiger partial charge in [0, 0.05) is 12.3 Å². The fourth-order valence-electron chi connectivity index (χ4n) is 1.76. The van der Waals surface area contributed by atoms with Crippen molar-refractivity contribution in [3.8, 4) is 12.1 Å². The molecule has 0 bridgehead atoms. The number of nitrogens with zero attached hydrogens (tertiary/aromatic N) is 5. The Kier molecular flexibility index (Phi) is 5.09. The van der Waals surface area contributed by atoms with E-state index in [4.69, 9.17) is 22.1 Å². The van der Waals surface area contributed by atoms with Crippen LogP contribution in [0.4, 0.5) is 23.0 Å². The molecule has 0 fully saturated rings. The van der Waals surface area contributed by atoms with Crippen molar-refractivity contribution in [1.82, 2.24) is 9.97 Å². The molecule has 0 radical (unpaired) electrons. The van der Waals surface area contributed by atoms with Gasteiger partial charge >= 0.3 is 5.69 Å². The van der Waals surface area contributed by atoms with Crippen molar-refractivity contribution in [2.24, 2.45) is 0 Å². The lowest BCUT2D eigenvalue weighted by molar-refractivity contribution is -0.384. The van der Waals surface area contributed by atoms with Gasteiger partial charge in [0.25, 0.3) is 0 Å². The van der Waals surface area contributed by atoms with Gasteiger partial charge in [-0.25, -0.2) is 9.97 Å². The summed E-state index contributed by atoms with van der Waals surface area (Å²) in [6.45, 7) is 1.57. The maximum absolute atomic E-state index is 11.0. The molecular weight excluding hydrogens is 334 g/mol. The largest absolute Gasteiger partial charge is 0.364 e. The number of hydrogen-bond donors (Lipinski definition) is 2. The van der Waals surface area contributed by atoms with E-state index in [-0.39, 0.29) is 28.0 Å². The van der Waals surface area contributed by atoms with E-state index < -0.39 is 11.0 Å². The number of pyridine rings is 2. The van der Waals surface area contributed by atoms with Gasteiger partial charge in [-0.15, -0.1) is 0 Å². The molecule has 2 N–H and O–H groups in total. The van der Waals surface area contributed by atoms with E-state index >= 15 is 0 Å². The molecule has 0 aromatic carbocycles. The van der Waals surface area contributed by atoms with Crippen LogP contribution in [-0.2, 0) is 0 Å². The highest BCUT2D eigenvalue weighted by Gasteiger charge is 2.17. The van der Waals surface area contributed by atoms with E-state index in [0.717, 1.165) is 6.20 Å². The molecule has 1 atom stereocenters. The van der Waals surface area contributed by atoms with Gasteiger partial charge in [-0.3, -0.25) is 10.1 Å². The molecule has 0 aliphatic carbocycles. The first-order valence-corrected chi connectivity index (χ1v) is 6.95. The third kappa shape index (κ3) is 3.85. The summed E-state index contributed by atoms with van der Waals surface area (Å²) in [4.78, 5) is 18.4. The molecule has 2 rings (SSSR count). The topological polar surface area (TPSA) is 141 Å². The molecule has 10 heteroatoms. The lowest BCUT2D eigenvalue weighted by Gasteiger charge is -2.11. The number of nitriles is 2. The SMILES string of the molecule is C[C@H](C#N)Nc1cc(Nc2ncc(C#N)cc2Cl)ncc1[N+](=O)[O-]. The maximum Gasteiger partial charge on any atom is 0.310 e. The zero-order valence-corrected chi connectivity index (χ0v) is 13.1. The summed E-state index contributed by atoms with van der Waals surface area (Å²) in [7, 11) is 0. The smallest absolute Gasteiger partial charge is 0.310 e. The highest BCUT2D eigenvalue weighted by Crippen LogP contribution is 2.29. The summed E-state index contributed by atoms with van der Waals surface area (Å²) >= 11 is 6.02. The van der Waals surface area contributed by atoms with Crippen LogP contribution in [0.5, 0.6) is 0 Å². The molecule has 2 aromatic rings. The van der Waals surface area contributed by atoms with Crippen LogP contribution in [0.15, 0.2) is 24.5 Å². The van der Waals surface area contributed by atoms with Crippen LogP contribution in [0.1, 0.15) is 12.5 Å². The Morgan fingerprint density at radius 1 is 1.33 bits per heavy atom. The zero-order valence-electron chi connectivity index (χ0n) is 12.3. The second-order valence-corrected chi connectivity index (χ2v) is 5.04. The Balaban J connectivity index is 2.35. The average molecular weight is 344 g/mol. The van der Waals surface area contributed by atoms with E-state index in [2.05, 4.69) is 20.6 Å². The average Bonchev–Trinajstić information content (AvgIpc) is 2.56. The van der Waals surface area contributed by atoms with Crippen LogP contribution < -0.4 is 10.6 Å². The summed E-state index contributed by atoms with van der Waals surface area (Å²) in [5.41, 5.74) is 0.172. The molecule has 0 unspecified atom stereocenters. The Morgan fingerprint density at radius 3 is 2.67 bits per heavy atom. The molecule has 24 heavy (non-hydrogen) atoms. The standard InChI is InChI=1S/C14H10ClN7O2/c1-8(4-16)20-11-3-13(18-7-12(11)22(23)24)21-14-10(15)2-9(5-17)6-19-14/h2-3,6-8H,1H3,(H2,18,19,20,21)/t8-/m1/s1. The minimum Gasteiger partial charge on any atom is -0.364 e. The zero-order chi connectivity index (χ0) is 17.7. The second kappa shape index (κ2) is 7.22. The Labute approximate surface area is 141 Å². The van der Waals surface area contributed by atoms with Crippen LogP contribution in [0.2, 0.25) is 5.02 Å². The maximum atomic E-state index is 11.0. The summed E-state index contributed by atoms with van der Waals surface area (Å²) in [5, 5.41) is 34.4. The Morgan fingerprint density at radius 2 is 2.08 bits per heavy atom. The van der Waals surface area contributed by atoms with Crippen molar-refractivity contribution in [3.63, 3.8) is 0 Å². The Hall–Kier alpha value is -3.43. The van der Waals surface area contributed by atoms with Crippen LogP contribution >= 0.6 is 11.6 Å². The van der Waals surface area contributed by atoms with Gasteiger partial charge in [0.15, 0.2) is 0 Å². The second-order valence-electron chi connectivity index (χ2n) is 4.63. The van der Waals surface area contributed by atoms with Gasteiger partial charge < -0.3 is 10.6 Å². The fraction of sp³-hybridized carbons (Fsp3) is 0.143. The van der Waals surface area contributed by atoms with Crippen LogP contribution in [0, 0.1) is 32.8 Å². The van der Waals surface area contributed by atoms with E-state index in [1.54, 1.807) is 6.92 Å². The van der Waals surface area contributed by atoms with Crippen molar-refractivity contribution in [2.75, 3.05) is 10.6 Å². The predicted molar refractivity (Wildman–Crippen MR) is 86.8 cm³/mol. The first kappa shape index (κ1) is 16.9. The molecule has 120 valence electrons. The molecule has 0 aliphatic rings. The number of rotatable bonds is 5. The van der Waals surface area contributed by atoms with Gasteiger partial charge in [-0.1, -0.05) is 11.6 Å². The highest BCUT2D eigenvalue weighted by atomic mass is 35.5. The number of hydrogen-bond acceptors (Lipinski definition) is 8. The van der Waals surface area contributed by atoms with Crippen molar-refractivity contribution in [3.05, 3.63) is 45.2 Å². The minimum atomic E-state index is -0.629. The predicted octanol–water partition coefficient (Wildman–Crippen LogP) is 2.98. The fourth-order valence-corrected chi connectivity index (χ4v) is 1.97. The molecular formula is C14H10ClN7O2. The van der Waals surface area contributed by atoms with Crippen molar-refractivity contribution in [2.45, 2.75) is 13.0 Å². The molecule has 0 saturated heterocycles. The third-order valence-corrected chi connectivity index (χ3v) is 3.15. The normalized spacial score (nSPS) is 11.0. The number of nitrogens with one attached hydrogen (secondary N) is 2. The van der Waals surface area contributed by atoms with Gasteiger partial charge in [-0.2, -0.15) is 10.5 Å². The first-order valence-electron chi connectivity index (χ1n) is 6.58. The van der Waals surface area contributed by atoms with E-state index in [0.29, 0.717) is 5.56 Å². The first-order chi connectivity index (χ1) is 11.4. The van der Waals surface area contributed by atoms with Gasteiger partial charge in [-0.05, 0) is 13.0 Å². The number of anilines is 3.